The van der Waals surface area contributed by atoms with E-state index in [9.17, 15) is 45.3 Å². The lowest BCUT2D eigenvalue weighted by Gasteiger charge is -2.42. The summed E-state index contributed by atoms with van der Waals surface area (Å²) >= 11 is 0. The van der Waals surface area contributed by atoms with Gasteiger partial charge in [-0.1, -0.05) is 133 Å². The third-order valence-corrected chi connectivity index (χ3v) is 11.1. The van der Waals surface area contributed by atoms with Crippen molar-refractivity contribution in [1.29, 1.82) is 0 Å². The summed E-state index contributed by atoms with van der Waals surface area (Å²) in [7, 11) is 0. The number of rotatable bonds is 35. The molecule has 4 unspecified atom stereocenters. The van der Waals surface area contributed by atoms with Crippen molar-refractivity contribution in [2.24, 2.45) is 0 Å². The van der Waals surface area contributed by atoms with E-state index < -0.39 is 99.3 Å². The summed E-state index contributed by atoms with van der Waals surface area (Å²) in [6.45, 7) is 2.46. The normalized spacial score (nSPS) is 27.3. The minimum atomic E-state index is -1.77. The second-order valence-electron chi connectivity index (χ2n) is 16.6. The van der Waals surface area contributed by atoms with E-state index in [-0.39, 0.29) is 19.4 Å². The predicted molar refractivity (Wildman–Crippen MR) is 238 cm³/mol. The molecule has 0 aromatic carbocycles. The zero-order chi connectivity index (χ0) is 46.1. The predicted octanol–water partition coefficient (Wildman–Crippen LogP) is 5.54. The van der Waals surface area contributed by atoms with E-state index in [4.69, 9.17) is 28.4 Å². The van der Waals surface area contributed by atoms with Crippen LogP contribution in [-0.4, -0.2) is 142 Å². The number of carbonyl (C=O) groups is 2. The Bertz CT molecular complexity index is 1290. The van der Waals surface area contributed by atoms with Gasteiger partial charge >= 0.3 is 11.9 Å². The van der Waals surface area contributed by atoms with Crippen LogP contribution in [0, 0.1) is 0 Å². The molecule has 0 spiro atoms. The van der Waals surface area contributed by atoms with Crippen molar-refractivity contribution in [2.45, 2.75) is 216 Å². The number of hydrogen-bond donors (Lipinski definition) is 7. The van der Waals surface area contributed by atoms with E-state index in [0.29, 0.717) is 19.3 Å². The highest BCUT2D eigenvalue weighted by Gasteiger charge is 2.47. The summed E-state index contributed by atoms with van der Waals surface area (Å²) < 4.78 is 33.4. The van der Waals surface area contributed by atoms with Crippen molar-refractivity contribution in [2.75, 3.05) is 26.4 Å². The molecule has 15 heteroatoms. The first-order valence-corrected chi connectivity index (χ1v) is 23.7. The monoisotopic (exact) mass is 899 g/mol. The summed E-state index contributed by atoms with van der Waals surface area (Å²) in [6, 6.07) is 0. The first kappa shape index (κ1) is 56.6. The second kappa shape index (κ2) is 35.7. The molecule has 2 aliphatic heterocycles. The molecule has 2 rings (SSSR count). The van der Waals surface area contributed by atoms with Gasteiger partial charge in [0.2, 0.25) is 0 Å². The number of allylic oxidation sites excluding steroid dienone is 8. The van der Waals surface area contributed by atoms with Crippen LogP contribution in [0.25, 0.3) is 0 Å². The molecule has 7 N–H and O–H groups in total. The molecule has 0 radical (unpaired) electrons. The van der Waals surface area contributed by atoms with Crippen molar-refractivity contribution < 1.29 is 73.8 Å². The van der Waals surface area contributed by atoms with Gasteiger partial charge in [0, 0.05) is 12.8 Å². The highest BCUT2D eigenvalue weighted by atomic mass is 16.7. The number of esters is 2. The molecule has 0 bridgehead atoms. The molecule has 63 heavy (non-hydrogen) atoms. The van der Waals surface area contributed by atoms with Crippen LogP contribution in [0.4, 0.5) is 0 Å². The van der Waals surface area contributed by atoms with Crippen molar-refractivity contribution in [3.63, 3.8) is 0 Å². The van der Waals surface area contributed by atoms with E-state index in [1.54, 1.807) is 0 Å². The van der Waals surface area contributed by atoms with Gasteiger partial charge in [0.15, 0.2) is 18.7 Å². The highest BCUT2D eigenvalue weighted by molar-refractivity contribution is 5.70. The summed E-state index contributed by atoms with van der Waals surface area (Å²) in [6.07, 6.45) is 20.2. The third kappa shape index (κ3) is 24.5. The Hall–Kier alpha value is -2.54. The number of ether oxygens (including phenoxy) is 6. The molecule has 0 saturated carbocycles. The highest BCUT2D eigenvalue weighted by Crippen LogP contribution is 2.26. The lowest BCUT2D eigenvalue weighted by molar-refractivity contribution is -0.332. The van der Waals surface area contributed by atoms with E-state index >= 15 is 0 Å². The van der Waals surface area contributed by atoms with Gasteiger partial charge in [-0.05, 0) is 51.4 Å². The Morgan fingerprint density at radius 2 is 0.968 bits per heavy atom. The first-order chi connectivity index (χ1) is 30.5. The Morgan fingerprint density at radius 1 is 0.508 bits per heavy atom. The van der Waals surface area contributed by atoms with Gasteiger partial charge < -0.3 is 64.2 Å². The quantitative estimate of drug-likeness (QED) is 0.0235. The molecular formula is C48H82O15. The van der Waals surface area contributed by atoms with Gasteiger partial charge in [-0.3, -0.25) is 9.59 Å². The standard InChI is InChI=1S/C48H82O15/c1-3-5-7-9-11-13-15-16-17-18-19-20-21-23-25-27-29-31-40(51)61-36(33-58-39(50)30-28-26-24-22-14-12-10-8-6-4-2)34-59-47-46(57)44(55)42(53)38(63-47)35-60-48-45(56)43(54)41(52)37(32-49)62-48/h11,13,16-17,19-20,23,25,36-38,41-49,52-57H,3-10,12,14-15,18,21-22,24,26-35H2,1-2H3/b13-11+,17-16+,20-19+,25-23+/t36-,37+,38+,41-,42-,43?,44?,45?,46?,47+,48+/m1/s1. The van der Waals surface area contributed by atoms with E-state index in [1.165, 1.54) is 57.8 Å². The maximum atomic E-state index is 12.9. The lowest BCUT2D eigenvalue weighted by Crippen LogP contribution is -2.61. The van der Waals surface area contributed by atoms with Gasteiger partial charge in [-0.15, -0.1) is 0 Å². The molecule has 0 aromatic rings. The minimum absolute atomic E-state index is 0.0892. The topological polar surface area (TPSA) is 231 Å². The van der Waals surface area contributed by atoms with Gasteiger partial charge in [-0.25, -0.2) is 0 Å². The largest absolute Gasteiger partial charge is 0.462 e. The molecule has 15 nitrogen and oxygen atoms in total. The lowest BCUT2D eigenvalue weighted by atomic mass is 9.98. The summed E-state index contributed by atoms with van der Waals surface area (Å²) in [5, 5.41) is 71.9. The molecule has 2 fully saturated rings. The van der Waals surface area contributed by atoms with Crippen LogP contribution in [0.3, 0.4) is 0 Å². The van der Waals surface area contributed by atoms with Crippen LogP contribution in [0.15, 0.2) is 48.6 Å². The molecule has 2 saturated heterocycles. The first-order valence-electron chi connectivity index (χ1n) is 23.7. The third-order valence-electron chi connectivity index (χ3n) is 11.1. The van der Waals surface area contributed by atoms with Crippen molar-refractivity contribution in [3.8, 4) is 0 Å². The van der Waals surface area contributed by atoms with E-state index in [2.05, 4.69) is 50.3 Å². The second-order valence-corrected chi connectivity index (χ2v) is 16.6. The maximum absolute atomic E-state index is 12.9. The number of aliphatic hydroxyl groups excluding tert-OH is 7. The fourth-order valence-electron chi connectivity index (χ4n) is 7.09. The van der Waals surface area contributed by atoms with Gasteiger partial charge in [0.1, 0.15) is 55.4 Å². The molecular weight excluding hydrogens is 817 g/mol. The Balaban J connectivity index is 1.87. The zero-order valence-electron chi connectivity index (χ0n) is 38.0. The number of carbonyl (C=O) groups excluding carboxylic acids is 2. The van der Waals surface area contributed by atoms with Gasteiger partial charge in [0.05, 0.1) is 19.8 Å². The molecule has 0 aromatic heterocycles. The van der Waals surface area contributed by atoms with Gasteiger partial charge in [0.25, 0.3) is 0 Å². The molecule has 0 aliphatic carbocycles. The average Bonchev–Trinajstić information content (AvgIpc) is 3.28. The minimum Gasteiger partial charge on any atom is -0.462 e. The Morgan fingerprint density at radius 3 is 1.54 bits per heavy atom. The molecule has 364 valence electrons. The van der Waals surface area contributed by atoms with Gasteiger partial charge in [-0.2, -0.15) is 0 Å². The summed E-state index contributed by atoms with van der Waals surface area (Å²) in [5.74, 6) is -0.995. The average molecular weight is 899 g/mol. The van der Waals surface area contributed by atoms with Crippen LogP contribution in [-0.2, 0) is 38.0 Å². The molecule has 0 amide bonds. The Kier molecular flexibility index (Phi) is 32.1. The van der Waals surface area contributed by atoms with Crippen LogP contribution in [0.5, 0.6) is 0 Å². The van der Waals surface area contributed by atoms with Crippen molar-refractivity contribution >= 4 is 11.9 Å². The smallest absolute Gasteiger partial charge is 0.306 e. The maximum Gasteiger partial charge on any atom is 0.306 e. The molecule has 2 heterocycles. The summed E-state index contributed by atoms with van der Waals surface area (Å²) in [5.41, 5.74) is 0. The van der Waals surface area contributed by atoms with Crippen LogP contribution in [0.2, 0.25) is 0 Å². The van der Waals surface area contributed by atoms with E-state index in [1.807, 2.05) is 12.2 Å². The number of aliphatic hydroxyl groups is 7. The SMILES string of the molecule is CCCCC/C=C/C/C=C/C/C=C/C/C=C/CCCC(=O)O[C@H](COC(=O)CCCCCCCCCCCC)CO[C@H]1O[C@@H](CO[C@H]2O[C@@H](CO)[C@@H](O)C(O)C2O)[C@@H](O)C(O)C1O. The van der Waals surface area contributed by atoms with Crippen LogP contribution < -0.4 is 0 Å². The van der Waals surface area contributed by atoms with Crippen molar-refractivity contribution in [3.05, 3.63) is 48.6 Å². The zero-order valence-corrected chi connectivity index (χ0v) is 38.0. The number of hydrogen-bond acceptors (Lipinski definition) is 15. The summed E-state index contributed by atoms with van der Waals surface area (Å²) in [4.78, 5) is 25.6. The fourth-order valence-corrected chi connectivity index (χ4v) is 7.09. The molecule has 2 aliphatic rings. The van der Waals surface area contributed by atoms with E-state index in [0.717, 1.165) is 44.9 Å². The van der Waals surface area contributed by atoms with Crippen molar-refractivity contribution in [1.82, 2.24) is 0 Å². The Labute approximate surface area is 376 Å². The fraction of sp³-hybridized carbons (Fsp3) is 0.792. The van der Waals surface area contributed by atoms with Crippen LogP contribution in [0.1, 0.15) is 149 Å². The number of unbranched alkanes of at least 4 members (excludes halogenated alkanes) is 13. The molecule has 11 atom stereocenters. The van der Waals surface area contributed by atoms with Crippen LogP contribution >= 0.6 is 0 Å².